The summed E-state index contributed by atoms with van der Waals surface area (Å²) in [4.78, 5) is 3.97. The summed E-state index contributed by atoms with van der Waals surface area (Å²) in [6.07, 6.45) is 5.26. The molecule has 0 radical (unpaired) electrons. The van der Waals surface area contributed by atoms with Crippen LogP contribution < -0.4 is 0 Å². The average molecular weight is 229 g/mol. The standard InChI is InChI=1S/C13H15N3O/c1-11-3-5-12(6-4-11)13(15(2)17)9-16-8-7-14-10-16/h3-8,10H,9H2,1-2H3/b15-13+. The van der Waals surface area contributed by atoms with E-state index in [1.807, 2.05) is 42.0 Å². The molecule has 4 nitrogen and oxygen atoms in total. The molecule has 0 unspecified atom stereocenters. The van der Waals surface area contributed by atoms with E-state index in [0.717, 1.165) is 16.0 Å². The van der Waals surface area contributed by atoms with Gasteiger partial charge in [0, 0.05) is 18.0 Å². The van der Waals surface area contributed by atoms with Crippen LogP contribution in [0.25, 0.3) is 0 Å². The van der Waals surface area contributed by atoms with Crippen molar-refractivity contribution < 1.29 is 4.74 Å². The maximum Gasteiger partial charge on any atom is 0.214 e. The number of aromatic nitrogens is 2. The number of hydrogen-bond donors (Lipinski definition) is 0. The van der Waals surface area contributed by atoms with E-state index in [1.54, 1.807) is 12.5 Å². The largest absolute Gasteiger partial charge is 0.624 e. The molecule has 0 atom stereocenters. The first-order chi connectivity index (χ1) is 8.16. The molecule has 0 saturated carbocycles. The monoisotopic (exact) mass is 229 g/mol. The highest BCUT2D eigenvalue weighted by Gasteiger charge is 2.11. The zero-order chi connectivity index (χ0) is 12.3. The number of benzene rings is 1. The lowest BCUT2D eigenvalue weighted by Gasteiger charge is -2.08. The minimum Gasteiger partial charge on any atom is -0.624 e. The molecule has 1 aromatic heterocycles. The van der Waals surface area contributed by atoms with Crippen molar-refractivity contribution >= 4 is 5.71 Å². The Bertz CT molecular complexity index is 508. The lowest BCUT2D eigenvalue weighted by Crippen LogP contribution is -2.19. The highest BCUT2D eigenvalue weighted by atomic mass is 16.5. The van der Waals surface area contributed by atoms with E-state index in [1.165, 1.54) is 12.6 Å². The summed E-state index contributed by atoms with van der Waals surface area (Å²) in [6.45, 7) is 2.56. The quantitative estimate of drug-likeness (QED) is 0.349. The molecule has 0 fully saturated rings. The molecule has 88 valence electrons. The molecule has 0 N–H and O–H groups in total. The van der Waals surface area contributed by atoms with Gasteiger partial charge in [0.15, 0.2) is 0 Å². The van der Waals surface area contributed by atoms with E-state index in [4.69, 9.17) is 0 Å². The SMILES string of the molecule is Cc1ccc(/C(Cn2ccnc2)=[N+](\C)[O-])cc1. The summed E-state index contributed by atoms with van der Waals surface area (Å²) in [7, 11) is 1.52. The fraction of sp³-hybridized carbons (Fsp3) is 0.231. The van der Waals surface area contributed by atoms with Crippen LogP contribution in [0.15, 0.2) is 43.0 Å². The van der Waals surface area contributed by atoms with Gasteiger partial charge in [0.25, 0.3) is 0 Å². The molecule has 2 aromatic rings. The number of aryl methyl sites for hydroxylation is 1. The van der Waals surface area contributed by atoms with E-state index >= 15 is 0 Å². The normalized spacial score (nSPS) is 12.4. The fourth-order valence-corrected chi connectivity index (χ4v) is 1.67. The zero-order valence-electron chi connectivity index (χ0n) is 10.00. The van der Waals surface area contributed by atoms with Crippen LogP contribution in [0.3, 0.4) is 0 Å². The van der Waals surface area contributed by atoms with E-state index in [9.17, 15) is 5.21 Å². The second-order valence-electron chi connectivity index (χ2n) is 4.05. The van der Waals surface area contributed by atoms with Gasteiger partial charge in [-0.3, -0.25) is 0 Å². The van der Waals surface area contributed by atoms with Gasteiger partial charge in [-0.2, -0.15) is 0 Å². The van der Waals surface area contributed by atoms with Gasteiger partial charge in [0.05, 0.1) is 6.33 Å². The van der Waals surface area contributed by atoms with Gasteiger partial charge in [0.1, 0.15) is 13.6 Å². The Morgan fingerprint density at radius 1 is 1.35 bits per heavy atom. The van der Waals surface area contributed by atoms with Crippen LogP contribution in [0.5, 0.6) is 0 Å². The van der Waals surface area contributed by atoms with Crippen molar-refractivity contribution in [1.82, 2.24) is 9.55 Å². The Kier molecular flexibility index (Phi) is 3.23. The molecule has 17 heavy (non-hydrogen) atoms. The third-order valence-electron chi connectivity index (χ3n) is 2.66. The minimum atomic E-state index is 0.531. The maximum atomic E-state index is 11.6. The van der Waals surface area contributed by atoms with E-state index in [-0.39, 0.29) is 0 Å². The molecule has 0 amide bonds. The number of hydroxylamine groups is 1. The topological polar surface area (TPSA) is 43.9 Å². The van der Waals surface area contributed by atoms with Crippen molar-refractivity contribution in [3.63, 3.8) is 0 Å². The summed E-state index contributed by atoms with van der Waals surface area (Å²) in [5.41, 5.74) is 2.86. The molecule has 1 aromatic carbocycles. The smallest absolute Gasteiger partial charge is 0.214 e. The van der Waals surface area contributed by atoms with Gasteiger partial charge in [-0.1, -0.05) is 17.7 Å². The molecule has 0 bridgehead atoms. The molecule has 0 spiro atoms. The number of imidazole rings is 1. The van der Waals surface area contributed by atoms with Crippen LogP contribution >= 0.6 is 0 Å². The lowest BCUT2D eigenvalue weighted by atomic mass is 10.1. The summed E-state index contributed by atoms with van der Waals surface area (Å²) >= 11 is 0. The second-order valence-corrected chi connectivity index (χ2v) is 4.05. The molecule has 0 aliphatic rings. The van der Waals surface area contributed by atoms with Gasteiger partial charge in [0.2, 0.25) is 5.71 Å². The van der Waals surface area contributed by atoms with Crippen molar-refractivity contribution in [2.24, 2.45) is 0 Å². The predicted molar refractivity (Wildman–Crippen MR) is 67.1 cm³/mol. The molecular weight excluding hydrogens is 214 g/mol. The van der Waals surface area contributed by atoms with Crippen LogP contribution in [0, 0.1) is 12.1 Å². The number of nitrogens with zero attached hydrogens (tertiary/aromatic N) is 3. The second kappa shape index (κ2) is 4.82. The van der Waals surface area contributed by atoms with Gasteiger partial charge >= 0.3 is 0 Å². The first kappa shape index (κ1) is 11.4. The molecule has 0 aliphatic carbocycles. The highest BCUT2D eigenvalue weighted by Crippen LogP contribution is 2.06. The third-order valence-corrected chi connectivity index (χ3v) is 2.66. The molecule has 4 heteroatoms. The van der Waals surface area contributed by atoms with Crippen LogP contribution in [-0.4, -0.2) is 27.0 Å². The summed E-state index contributed by atoms with van der Waals surface area (Å²) < 4.78 is 2.79. The molecular formula is C13H15N3O. The Balaban J connectivity index is 2.31. The third kappa shape index (κ3) is 2.72. The van der Waals surface area contributed by atoms with Crippen LogP contribution in [-0.2, 0) is 6.54 Å². The number of rotatable bonds is 3. The molecule has 1 heterocycles. The van der Waals surface area contributed by atoms with Gasteiger partial charge in [-0.15, -0.1) is 0 Å². The van der Waals surface area contributed by atoms with E-state index in [0.29, 0.717) is 6.54 Å². The molecule has 0 aliphatic heterocycles. The van der Waals surface area contributed by atoms with Crippen molar-refractivity contribution in [2.75, 3.05) is 7.05 Å². The Morgan fingerprint density at radius 3 is 2.59 bits per heavy atom. The lowest BCUT2D eigenvalue weighted by molar-refractivity contribution is -0.423. The van der Waals surface area contributed by atoms with E-state index < -0.39 is 0 Å². The predicted octanol–water partition coefficient (Wildman–Crippen LogP) is 1.82. The van der Waals surface area contributed by atoms with Crippen molar-refractivity contribution in [3.8, 4) is 0 Å². The minimum absolute atomic E-state index is 0.531. The molecule has 0 saturated heterocycles. The van der Waals surface area contributed by atoms with Crippen molar-refractivity contribution in [3.05, 3.63) is 59.3 Å². The van der Waals surface area contributed by atoms with Gasteiger partial charge in [-0.25, -0.2) is 9.72 Å². The van der Waals surface area contributed by atoms with E-state index in [2.05, 4.69) is 4.98 Å². The average Bonchev–Trinajstić information content (AvgIpc) is 2.80. The van der Waals surface area contributed by atoms with Gasteiger partial charge < -0.3 is 9.77 Å². The van der Waals surface area contributed by atoms with Gasteiger partial charge in [-0.05, 0) is 19.1 Å². The maximum absolute atomic E-state index is 11.6. The zero-order valence-corrected chi connectivity index (χ0v) is 10.00. The van der Waals surface area contributed by atoms with Crippen molar-refractivity contribution in [1.29, 1.82) is 0 Å². The van der Waals surface area contributed by atoms with Crippen molar-refractivity contribution in [2.45, 2.75) is 13.5 Å². The summed E-state index contributed by atoms with van der Waals surface area (Å²) in [5.74, 6) is 0. The first-order valence-corrected chi connectivity index (χ1v) is 5.46. The highest BCUT2D eigenvalue weighted by molar-refractivity contribution is 5.96. The Hall–Kier alpha value is -2.10. The Morgan fingerprint density at radius 2 is 2.06 bits per heavy atom. The fourth-order valence-electron chi connectivity index (χ4n) is 1.67. The summed E-state index contributed by atoms with van der Waals surface area (Å²) in [5, 5.41) is 11.6. The Labute approximate surface area is 100 Å². The number of hydrogen-bond acceptors (Lipinski definition) is 2. The van der Waals surface area contributed by atoms with Crippen LogP contribution in [0.2, 0.25) is 0 Å². The molecule has 2 rings (SSSR count). The van der Waals surface area contributed by atoms with Crippen LogP contribution in [0.1, 0.15) is 11.1 Å². The van der Waals surface area contributed by atoms with Crippen LogP contribution in [0.4, 0.5) is 0 Å². The summed E-state index contributed by atoms with van der Waals surface area (Å²) in [6, 6.07) is 7.95. The first-order valence-electron chi connectivity index (χ1n) is 5.46.